The van der Waals surface area contributed by atoms with Gasteiger partial charge in [-0.1, -0.05) is 41.9 Å². The Morgan fingerprint density at radius 3 is 2.33 bits per heavy atom. The van der Waals surface area contributed by atoms with Crippen molar-refractivity contribution >= 4 is 17.9 Å². The van der Waals surface area contributed by atoms with Crippen LogP contribution in [0.25, 0.3) is 0 Å². The molecule has 0 saturated heterocycles. The molecular weight excluding hydrogens is 305 g/mol. The Balaban J connectivity index is 2.29. The first-order valence-electron chi connectivity index (χ1n) is 5.95. The molecule has 2 nitrogen and oxygen atoms in total. The molecule has 6 heteroatoms. The average Bonchev–Trinajstić information content (AvgIpc) is 2.46. The Bertz CT molecular complexity index is 627. The van der Waals surface area contributed by atoms with Crippen LogP contribution in [-0.4, -0.2) is 6.29 Å². The number of carbonyl (C=O) groups is 1. The Labute approximate surface area is 124 Å². The summed E-state index contributed by atoms with van der Waals surface area (Å²) in [5, 5.41) is -0.419. The first-order chi connectivity index (χ1) is 9.91. The molecule has 21 heavy (non-hydrogen) atoms. The molecule has 0 radical (unpaired) electrons. The molecule has 110 valence electrons. The Kier molecular flexibility index (Phi) is 4.53. The van der Waals surface area contributed by atoms with Gasteiger partial charge in [-0.25, -0.2) is 0 Å². The number of halogens is 4. The number of ether oxygens (including phenoxy) is 1. The summed E-state index contributed by atoms with van der Waals surface area (Å²) in [6, 6.07) is 11.6. The van der Waals surface area contributed by atoms with Gasteiger partial charge in [-0.05, 0) is 23.8 Å². The molecule has 2 rings (SSSR count). The van der Waals surface area contributed by atoms with Crippen molar-refractivity contribution in [3.8, 4) is 5.75 Å². The highest BCUT2D eigenvalue weighted by Crippen LogP contribution is 2.37. The van der Waals surface area contributed by atoms with Crippen LogP contribution in [0.15, 0.2) is 48.5 Å². The summed E-state index contributed by atoms with van der Waals surface area (Å²) in [5.41, 5.74) is -0.449. The SMILES string of the molecule is O=CC(Oc1ccc(Cl)c(C(F)(F)F)c1)c1ccccc1. The van der Waals surface area contributed by atoms with Crippen molar-refractivity contribution in [1.29, 1.82) is 0 Å². The number of hydrogen-bond acceptors (Lipinski definition) is 2. The van der Waals surface area contributed by atoms with E-state index in [0.717, 1.165) is 12.1 Å². The predicted octanol–water partition coefficient (Wildman–Crippen LogP) is 4.68. The lowest BCUT2D eigenvalue weighted by molar-refractivity contribution is -0.137. The van der Waals surface area contributed by atoms with E-state index in [1.807, 2.05) is 0 Å². The van der Waals surface area contributed by atoms with Crippen LogP contribution in [0.1, 0.15) is 17.2 Å². The molecular formula is C15H10ClF3O2. The van der Waals surface area contributed by atoms with Crippen molar-refractivity contribution in [3.05, 3.63) is 64.7 Å². The maximum atomic E-state index is 12.8. The van der Waals surface area contributed by atoms with E-state index in [4.69, 9.17) is 16.3 Å². The average molecular weight is 315 g/mol. The van der Waals surface area contributed by atoms with Crippen LogP contribution >= 0.6 is 11.6 Å². The summed E-state index contributed by atoms with van der Waals surface area (Å²) in [4.78, 5) is 11.1. The Morgan fingerprint density at radius 2 is 1.76 bits per heavy atom. The number of alkyl halides is 3. The topological polar surface area (TPSA) is 26.3 Å². The van der Waals surface area contributed by atoms with Crippen LogP contribution in [0, 0.1) is 0 Å². The van der Waals surface area contributed by atoms with Gasteiger partial charge in [0.25, 0.3) is 0 Å². The monoisotopic (exact) mass is 314 g/mol. The second kappa shape index (κ2) is 6.18. The zero-order valence-electron chi connectivity index (χ0n) is 10.6. The molecule has 0 N–H and O–H groups in total. The lowest BCUT2D eigenvalue weighted by Crippen LogP contribution is -2.10. The van der Waals surface area contributed by atoms with Crippen LogP contribution in [0.5, 0.6) is 5.75 Å². The molecule has 0 amide bonds. The van der Waals surface area contributed by atoms with Gasteiger partial charge < -0.3 is 4.74 Å². The van der Waals surface area contributed by atoms with Crippen LogP contribution in [0.2, 0.25) is 5.02 Å². The van der Waals surface area contributed by atoms with E-state index >= 15 is 0 Å². The number of benzene rings is 2. The third-order valence-electron chi connectivity index (χ3n) is 2.76. The minimum atomic E-state index is -4.58. The Hall–Kier alpha value is -2.01. The summed E-state index contributed by atoms with van der Waals surface area (Å²) >= 11 is 5.52. The van der Waals surface area contributed by atoms with Gasteiger partial charge in [0.2, 0.25) is 0 Å². The molecule has 2 aromatic rings. The molecule has 0 bridgehead atoms. The molecule has 0 aliphatic heterocycles. The predicted molar refractivity (Wildman–Crippen MR) is 72.3 cm³/mol. The van der Waals surface area contributed by atoms with Crippen molar-refractivity contribution in [2.75, 3.05) is 0 Å². The van der Waals surface area contributed by atoms with Crippen LogP contribution < -0.4 is 4.74 Å². The summed E-state index contributed by atoms with van der Waals surface area (Å²) < 4.78 is 43.6. The molecule has 0 fully saturated rings. The van der Waals surface area contributed by atoms with E-state index < -0.39 is 22.9 Å². The maximum absolute atomic E-state index is 12.8. The van der Waals surface area contributed by atoms with Crippen molar-refractivity contribution < 1.29 is 22.7 Å². The minimum absolute atomic E-state index is 0.0762. The summed E-state index contributed by atoms with van der Waals surface area (Å²) in [6.07, 6.45) is -5.04. The minimum Gasteiger partial charge on any atom is -0.478 e. The number of aldehydes is 1. The zero-order valence-corrected chi connectivity index (χ0v) is 11.4. The third kappa shape index (κ3) is 3.76. The smallest absolute Gasteiger partial charge is 0.417 e. The van der Waals surface area contributed by atoms with Gasteiger partial charge in [-0.2, -0.15) is 13.2 Å². The molecule has 0 aliphatic carbocycles. The molecule has 1 unspecified atom stereocenters. The third-order valence-corrected chi connectivity index (χ3v) is 3.09. The summed E-state index contributed by atoms with van der Waals surface area (Å²) in [5.74, 6) is -0.0762. The highest BCUT2D eigenvalue weighted by molar-refractivity contribution is 6.31. The maximum Gasteiger partial charge on any atom is 0.417 e. The van der Waals surface area contributed by atoms with Gasteiger partial charge in [-0.15, -0.1) is 0 Å². The molecule has 0 spiro atoms. The molecule has 0 heterocycles. The highest BCUT2D eigenvalue weighted by atomic mass is 35.5. The summed E-state index contributed by atoms with van der Waals surface area (Å²) in [7, 11) is 0. The molecule has 2 aromatic carbocycles. The van der Waals surface area contributed by atoms with Crippen molar-refractivity contribution in [1.82, 2.24) is 0 Å². The molecule has 0 saturated carbocycles. The fourth-order valence-corrected chi connectivity index (χ4v) is 1.98. The largest absolute Gasteiger partial charge is 0.478 e. The van der Waals surface area contributed by atoms with Crippen molar-refractivity contribution in [3.63, 3.8) is 0 Å². The van der Waals surface area contributed by atoms with Gasteiger partial charge in [-0.3, -0.25) is 4.79 Å². The van der Waals surface area contributed by atoms with Crippen LogP contribution in [0.4, 0.5) is 13.2 Å². The lowest BCUT2D eigenvalue weighted by atomic mass is 10.1. The standard InChI is InChI=1S/C15H10ClF3O2/c16-13-7-6-11(8-12(13)15(17,18)19)21-14(9-20)10-4-2-1-3-5-10/h1-9,14H. The second-order valence-electron chi connectivity index (χ2n) is 4.22. The molecule has 1 atom stereocenters. The second-order valence-corrected chi connectivity index (χ2v) is 4.63. The van der Waals surface area contributed by atoms with E-state index in [-0.39, 0.29) is 5.75 Å². The molecule has 0 aromatic heterocycles. The zero-order chi connectivity index (χ0) is 15.5. The fraction of sp³-hybridized carbons (Fsp3) is 0.133. The van der Waals surface area contributed by atoms with Gasteiger partial charge in [0, 0.05) is 0 Å². The Morgan fingerprint density at radius 1 is 1.10 bits per heavy atom. The van der Waals surface area contributed by atoms with Gasteiger partial charge in [0.1, 0.15) is 5.75 Å². The van der Waals surface area contributed by atoms with Crippen LogP contribution in [0.3, 0.4) is 0 Å². The highest BCUT2D eigenvalue weighted by Gasteiger charge is 2.33. The van der Waals surface area contributed by atoms with E-state index in [2.05, 4.69) is 0 Å². The van der Waals surface area contributed by atoms with Crippen molar-refractivity contribution in [2.45, 2.75) is 12.3 Å². The lowest BCUT2D eigenvalue weighted by Gasteiger charge is -2.16. The summed E-state index contributed by atoms with van der Waals surface area (Å²) in [6.45, 7) is 0. The van der Waals surface area contributed by atoms with Gasteiger partial charge >= 0.3 is 6.18 Å². The fourth-order valence-electron chi connectivity index (χ4n) is 1.76. The van der Waals surface area contributed by atoms with Crippen LogP contribution in [-0.2, 0) is 11.0 Å². The number of hydrogen-bond donors (Lipinski definition) is 0. The quantitative estimate of drug-likeness (QED) is 0.766. The number of carbonyl (C=O) groups excluding carboxylic acids is 1. The first kappa shape index (κ1) is 15.4. The van der Waals surface area contributed by atoms with E-state index in [1.165, 1.54) is 6.07 Å². The normalized spacial score (nSPS) is 12.8. The van der Waals surface area contributed by atoms with Crippen molar-refractivity contribution in [2.24, 2.45) is 0 Å². The van der Waals surface area contributed by atoms with Gasteiger partial charge in [0.05, 0.1) is 10.6 Å². The van der Waals surface area contributed by atoms with E-state index in [1.54, 1.807) is 30.3 Å². The number of rotatable bonds is 4. The van der Waals surface area contributed by atoms with E-state index in [0.29, 0.717) is 11.8 Å². The van der Waals surface area contributed by atoms with E-state index in [9.17, 15) is 18.0 Å². The molecule has 0 aliphatic rings. The van der Waals surface area contributed by atoms with Gasteiger partial charge in [0.15, 0.2) is 12.4 Å². The first-order valence-corrected chi connectivity index (χ1v) is 6.33.